The summed E-state index contributed by atoms with van der Waals surface area (Å²) in [5.74, 6) is -0.182. The number of carboxylic acid groups (broad SMARTS) is 1. The number of aryl methyl sites for hydroxylation is 1. The Morgan fingerprint density at radius 1 is 0.812 bits per heavy atom. The molecule has 0 radical (unpaired) electrons. The maximum absolute atomic E-state index is 11.0. The Morgan fingerprint density at radius 3 is 1.77 bits per heavy atom. The van der Waals surface area contributed by atoms with E-state index in [0.29, 0.717) is 19.7 Å². The van der Waals surface area contributed by atoms with Crippen molar-refractivity contribution in [2.24, 2.45) is 11.1 Å². The van der Waals surface area contributed by atoms with Gasteiger partial charge in [0.05, 0.1) is 11.6 Å². The van der Waals surface area contributed by atoms with Gasteiger partial charge in [-0.3, -0.25) is 9.69 Å². The third-order valence-corrected chi connectivity index (χ3v) is 7.19. The number of oxime groups is 1. The molecule has 1 N–H and O–H groups in total. The standard InChI is InChI=1S/C28H36N2O3.3BF4/c1-3-22-15-25(13-14-26(22)16-30-17-27(18-30)28(31)32)20(2)29-33-19-21-9-11-24(12-10-21)23-7-5-4-6-8-23;3*2-1(3,4)5/h9-15,23,27H,3-8,16-19H2,1-2H3,(H,31,32);;;/q;3*-1. The third-order valence-electron chi connectivity index (χ3n) is 7.19. The van der Waals surface area contributed by atoms with Crippen molar-refractivity contribution >= 4 is 33.4 Å². The smallest absolute Gasteiger partial charge is 0.481 e. The number of hydrogen-bond acceptors (Lipinski definition) is 4. The first-order chi connectivity index (χ1) is 22.0. The first kappa shape index (κ1) is 42.7. The summed E-state index contributed by atoms with van der Waals surface area (Å²) < 4.78 is 117. The van der Waals surface area contributed by atoms with Gasteiger partial charge in [0.25, 0.3) is 0 Å². The van der Waals surface area contributed by atoms with Gasteiger partial charge in [0.2, 0.25) is 0 Å². The predicted molar refractivity (Wildman–Crippen MR) is 162 cm³/mol. The van der Waals surface area contributed by atoms with Crippen LogP contribution in [0.1, 0.15) is 79.7 Å². The van der Waals surface area contributed by atoms with E-state index >= 15 is 0 Å². The molecule has 0 aromatic heterocycles. The van der Waals surface area contributed by atoms with E-state index in [9.17, 15) is 56.6 Å². The number of aliphatic carboxylic acids is 1. The number of nitrogens with zero attached hydrogens (tertiary/aromatic N) is 2. The maximum Gasteiger partial charge on any atom is 0.673 e. The van der Waals surface area contributed by atoms with Gasteiger partial charge < -0.3 is 61.7 Å². The van der Waals surface area contributed by atoms with Crippen molar-refractivity contribution in [2.45, 2.75) is 71.4 Å². The summed E-state index contributed by atoms with van der Waals surface area (Å²) in [6, 6.07) is 15.3. The fourth-order valence-electron chi connectivity index (χ4n) is 5.01. The largest absolute Gasteiger partial charge is 0.673 e. The zero-order valence-corrected chi connectivity index (χ0v) is 26.2. The molecule has 1 saturated heterocycles. The molecule has 2 fully saturated rings. The van der Waals surface area contributed by atoms with Crippen LogP contribution in [0.2, 0.25) is 0 Å². The highest BCUT2D eigenvalue weighted by molar-refractivity contribution is 6.50. The summed E-state index contributed by atoms with van der Waals surface area (Å²) in [6.07, 6.45) is 7.66. The second-order valence-electron chi connectivity index (χ2n) is 11.1. The molecule has 1 aliphatic heterocycles. The number of carboxylic acids is 1. The number of carbonyl (C=O) groups is 1. The van der Waals surface area contributed by atoms with Gasteiger partial charge in [0.15, 0.2) is 0 Å². The van der Waals surface area contributed by atoms with E-state index in [2.05, 4.69) is 59.4 Å². The number of halogens is 12. The highest BCUT2D eigenvalue weighted by Gasteiger charge is 2.32. The Bertz CT molecular complexity index is 1240. The Balaban J connectivity index is 0.000000643. The maximum atomic E-state index is 11.0. The molecule has 2 aliphatic rings. The van der Waals surface area contributed by atoms with E-state index in [4.69, 9.17) is 9.94 Å². The quantitative estimate of drug-likeness (QED) is 0.122. The lowest BCUT2D eigenvalue weighted by molar-refractivity contribution is -0.147. The molecule has 1 heterocycles. The zero-order chi connectivity index (χ0) is 36.7. The molecule has 0 amide bonds. The Morgan fingerprint density at radius 2 is 1.31 bits per heavy atom. The number of hydrogen-bond donors (Lipinski definition) is 1. The van der Waals surface area contributed by atoms with Crippen LogP contribution in [0.3, 0.4) is 0 Å². The predicted octanol–water partition coefficient (Wildman–Crippen LogP) is 9.65. The first-order valence-corrected chi connectivity index (χ1v) is 15.0. The molecule has 272 valence electrons. The lowest BCUT2D eigenvalue weighted by Crippen LogP contribution is -2.49. The van der Waals surface area contributed by atoms with Crippen LogP contribution >= 0.6 is 0 Å². The van der Waals surface area contributed by atoms with Gasteiger partial charge in [0.1, 0.15) is 6.61 Å². The molecule has 1 aliphatic carbocycles. The lowest BCUT2D eigenvalue weighted by atomic mass is 9.84. The monoisotopic (exact) mass is 709 g/mol. The van der Waals surface area contributed by atoms with Crippen molar-refractivity contribution in [3.05, 3.63) is 70.3 Å². The minimum absolute atomic E-state index is 0.218. The van der Waals surface area contributed by atoms with Crippen LogP contribution in [0.15, 0.2) is 47.6 Å². The SMILES string of the molecule is CCc1cc(C(C)=NOCc2ccc(C3CCCCC3)cc2)ccc1CN1CC(C(=O)O)C1.F[B-](F)(F)F.F[B-](F)(F)F.F[B-](F)(F)F. The molecule has 1 saturated carbocycles. The average Bonchev–Trinajstić information content (AvgIpc) is 2.92. The summed E-state index contributed by atoms with van der Waals surface area (Å²) in [5.41, 5.74) is 7.07. The van der Waals surface area contributed by atoms with Crippen LogP contribution in [0, 0.1) is 5.92 Å². The second-order valence-corrected chi connectivity index (χ2v) is 11.1. The van der Waals surface area contributed by atoms with Gasteiger partial charge in [-0.15, -0.1) is 0 Å². The van der Waals surface area contributed by atoms with E-state index in [1.165, 1.54) is 48.8 Å². The summed E-state index contributed by atoms with van der Waals surface area (Å²) in [6.45, 7) is 6.68. The molecule has 0 unspecified atom stereocenters. The lowest BCUT2D eigenvalue weighted by Gasteiger charge is -2.37. The van der Waals surface area contributed by atoms with Crippen LogP contribution in [0.4, 0.5) is 51.8 Å². The van der Waals surface area contributed by atoms with Crippen molar-refractivity contribution < 1.29 is 66.5 Å². The van der Waals surface area contributed by atoms with Gasteiger partial charge >= 0.3 is 27.7 Å². The zero-order valence-electron chi connectivity index (χ0n) is 26.2. The number of rotatable bonds is 9. The molecule has 20 heteroatoms. The van der Waals surface area contributed by atoms with Gasteiger partial charge in [0, 0.05) is 19.6 Å². The highest BCUT2D eigenvalue weighted by Crippen LogP contribution is 2.32. The molecular formula is C28H36B3F12N2O3-3. The minimum atomic E-state index is -6.00. The molecule has 2 aromatic rings. The third kappa shape index (κ3) is 20.8. The Kier molecular flexibility index (Phi) is 17.5. The fourth-order valence-corrected chi connectivity index (χ4v) is 5.01. The Hall–Kier alpha value is -3.31. The first-order valence-electron chi connectivity index (χ1n) is 15.0. The normalized spacial score (nSPS) is 16.2. The molecule has 0 bridgehead atoms. The van der Waals surface area contributed by atoms with Crippen LogP contribution in [-0.2, 0) is 29.2 Å². The van der Waals surface area contributed by atoms with E-state index < -0.39 is 27.7 Å². The topological polar surface area (TPSA) is 62.1 Å². The molecule has 0 atom stereocenters. The van der Waals surface area contributed by atoms with Crippen molar-refractivity contribution in [3.63, 3.8) is 0 Å². The Labute approximate surface area is 271 Å². The van der Waals surface area contributed by atoms with E-state index in [1.807, 2.05) is 6.92 Å². The summed E-state index contributed by atoms with van der Waals surface area (Å²) in [5, 5.41) is 13.4. The molecule has 4 rings (SSSR count). The molecular weight excluding hydrogens is 673 g/mol. The van der Waals surface area contributed by atoms with E-state index in [-0.39, 0.29) is 5.92 Å². The molecule has 2 aromatic carbocycles. The van der Waals surface area contributed by atoms with Gasteiger partial charge in [-0.1, -0.05) is 67.7 Å². The summed E-state index contributed by atoms with van der Waals surface area (Å²) in [4.78, 5) is 18.9. The molecule has 48 heavy (non-hydrogen) atoms. The van der Waals surface area contributed by atoms with Crippen LogP contribution in [-0.4, -0.2) is 56.5 Å². The van der Waals surface area contributed by atoms with Crippen molar-refractivity contribution in [1.82, 2.24) is 4.90 Å². The summed E-state index contributed by atoms with van der Waals surface area (Å²) >= 11 is 0. The van der Waals surface area contributed by atoms with Crippen molar-refractivity contribution in [1.29, 1.82) is 0 Å². The number of benzene rings is 2. The highest BCUT2D eigenvalue weighted by atomic mass is 19.5. The van der Waals surface area contributed by atoms with E-state index in [0.717, 1.165) is 35.7 Å². The number of likely N-dealkylation sites (tertiary alicyclic amines) is 1. The second kappa shape index (κ2) is 19.6. The fraction of sp³-hybridized carbons (Fsp3) is 0.500. The van der Waals surface area contributed by atoms with E-state index in [1.54, 1.807) is 0 Å². The minimum Gasteiger partial charge on any atom is -0.481 e. The van der Waals surface area contributed by atoms with Crippen LogP contribution in [0.5, 0.6) is 0 Å². The van der Waals surface area contributed by atoms with Gasteiger partial charge in [-0.25, -0.2) is 0 Å². The van der Waals surface area contributed by atoms with Crippen LogP contribution in [0.25, 0.3) is 0 Å². The van der Waals surface area contributed by atoms with Gasteiger partial charge in [-0.2, -0.15) is 0 Å². The van der Waals surface area contributed by atoms with Gasteiger partial charge in [-0.05, 0) is 66.0 Å². The molecule has 5 nitrogen and oxygen atoms in total. The van der Waals surface area contributed by atoms with Crippen LogP contribution < -0.4 is 0 Å². The average molecular weight is 709 g/mol. The van der Waals surface area contributed by atoms with Crippen molar-refractivity contribution in [2.75, 3.05) is 13.1 Å². The molecule has 0 spiro atoms. The summed E-state index contributed by atoms with van der Waals surface area (Å²) in [7, 11) is -18.0. The van der Waals surface area contributed by atoms with Crippen molar-refractivity contribution in [3.8, 4) is 0 Å².